The van der Waals surface area contributed by atoms with E-state index in [2.05, 4.69) is 0 Å². The van der Waals surface area contributed by atoms with E-state index < -0.39 is 21.4 Å². The fourth-order valence-corrected chi connectivity index (χ4v) is 5.63. The zero-order valence-electron chi connectivity index (χ0n) is 13.9. The molecule has 2 aliphatic heterocycles. The molecular weight excluding hydrogens is 331 g/mol. The van der Waals surface area contributed by atoms with Crippen molar-refractivity contribution < 1.29 is 17.6 Å². The number of piperidine rings is 2. The quantitative estimate of drug-likeness (QED) is 0.837. The van der Waals surface area contributed by atoms with E-state index in [-0.39, 0.29) is 10.8 Å². The van der Waals surface area contributed by atoms with Gasteiger partial charge in [0.15, 0.2) is 0 Å². The third-order valence-corrected chi connectivity index (χ3v) is 7.05. The van der Waals surface area contributed by atoms with E-state index in [0.29, 0.717) is 26.1 Å². The smallest absolute Gasteiger partial charge is 0.243 e. The van der Waals surface area contributed by atoms with Gasteiger partial charge in [-0.1, -0.05) is 0 Å². The zero-order valence-corrected chi connectivity index (χ0v) is 14.7. The topological polar surface area (TPSA) is 57.7 Å². The van der Waals surface area contributed by atoms with Crippen LogP contribution in [0.25, 0.3) is 0 Å². The molecule has 7 heteroatoms. The van der Waals surface area contributed by atoms with Crippen LogP contribution in [-0.2, 0) is 14.8 Å². The van der Waals surface area contributed by atoms with Crippen molar-refractivity contribution in [2.45, 2.75) is 49.5 Å². The summed E-state index contributed by atoms with van der Waals surface area (Å²) in [6.07, 6.45) is 3.74. The Kier molecular flexibility index (Phi) is 4.66. The monoisotopic (exact) mass is 354 g/mol. The lowest BCUT2D eigenvalue weighted by atomic mass is 9.80. The number of likely N-dealkylation sites (tertiary alicyclic amines) is 1. The number of amides is 1. The second kappa shape index (κ2) is 6.44. The summed E-state index contributed by atoms with van der Waals surface area (Å²) >= 11 is 0. The molecule has 5 nitrogen and oxygen atoms in total. The van der Waals surface area contributed by atoms with E-state index >= 15 is 0 Å². The molecule has 3 rings (SSSR count). The first-order valence-corrected chi connectivity index (χ1v) is 9.89. The van der Waals surface area contributed by atoms with Gasteiger partial charge in [-0.3, -0.25) is 4.79 Å². The maximum Gasteiger partial charge on any atom is 0.243 e. The van der Waals surface area contributed by atoms with E-state index in [4.69, 9.17) is 0 Å². The molecule has 2 heterocycles. The minimum absolute atomic E-state index is 0.103. The second-order valence-corrected chi connectivity index (χ2v) is 8.55. The van der Waals surface area contributed by atoms with Crippen LogP contribution in [0.2, 0.25) is 0 Å². The first-order chi connectivity index (χ1) is 11.4. The summed E-state index contributed by atoms with van der Waals surface area (Å²) in [6, 6.07) is 4.93. The number of rotatable bonds is 3. The van der Waals surface area contributed by atoms with Gasteiger partial charge in [-0.2, -0.15) is 4.31 Å². The van der Waals surface area contributed by atoms with Crippen molar-refractivity contribution in [1.82, 2.24) is 9.21 Å². The molecule has 1 unspecified atom stereocenters. The molecule has 0 bridgehead atoms. The van der Waals surface area contributed by atoms with Crippen LogP contribution in [0, 0.1) is 5.82 Å². The molecule has 0 N–H and O–H groups in total. The Morgan fingerprint density at radius 3 is 2.50 bits per heavy atom. The van der Waals surface area contributed by atoms with Gasteiger partial charge < -0.3 is 4.90 Å². The molecule has 0 aromatic heterocycles. The summed E-state index contributed by atoms with van der Waals surface area (Å²) in [4.78, 5) is 14.2. The van der Waals surface area contributed by atoms with Crippen molar-refractivity contribution in [2.24, 2.45) is 0 Å². The number of nitrogens with zero attached hydrogens (tertiary/aromatic N) is 2. The van der Waals surface area contributed by atoms with Gasteiger partial charge >= 0.3 is 0 Å². The predicted molar refractivity (Wildman–Crippen MR) is 88.4 cm³/mol. The van der Waals surface area contributed by atoms with Gasteiger partial charge in [-0.05, 0) is 56.9 Å². The minimum Gasteiger partial charge on any atom is -0.336 e. The third-order valence-electron chi connectivity index (χ3n) is 5.19. The number of hydrogen-bond donors (Lipinski definition) is 0. The van der Waals surface area contributed by atoms with Crippen LogP contribution in [0.3, 0.4) is 0 Å². The lowest BCUT2D eigenvalue weighted by molar-refractivity contribution is -0.144. The summed E-state index contributed by atoms with van der Waals surface area (Å²) in [7, 11) is -3.67. The molecule has 2 aliphatic rings. The fraction of sp³-hybridized carbons (Fsp3) is 0.588. The van der Waals surface area contributed by atoms with Gasteiger partial charge in [-0.15, -0.1) is 0 Å². The summed E-state index contributed by atoms with van der Waals surface area (Å²) in [5.41, 5.74) is -0.393. The number of benzene rings is 1. The summed E-state index contributed by atoms with van der Waals surface area (Å²) in [5, 5.41) is 0. The number of likely N-dealkylation sites (N-methyl/N-ethyl adjacent to an activating group) is 1. The number of halogens is 1. The lowest BCUT2D eigenvalue weighted by Gasteiger charge is -2.51. The number of carbonyl (C=O) groups excluding carboxylic acids is 1. The van der Waals surface area contributed by atoms with Crippen LogP contribution in [-0.4, -0.2) is 48.7 Å². The van der Waals surface area contributed by atoms with Crippen molar-refractivity contribution in [3.63, 3.8) is 0 Å². The fourth-order valence-electron chi connectivity index (χ4n) is 4.07. The second-order valence-electron chi connectivity index (χ2n) is 6.61. The zero-order chi connectivity index (χ0) is 17.4. The van der Waals surface area contributed by atoms with Gasteiger partial charge in [0.25, 0.3) is 0 Å². The molecule has 1 atom stereocenters. The largest absolute Gasteiger partial charge is 0.336 e. The highest BCUT2D eigenvalue weighted by Gasteiger charge is 2.46. The Bertz CT molecular complexity index is 716. The molecule has 0 radical (unpaired) electrons. The normalized spacial score (nSPS) is 26.1. The van der Waals surface area contributed by atoms with Gasteiger partial charge in [0, 0.05) is 26.1 Å². The van der Waals surface area contributed by atoms with E-state index in [1.54, 1.807) is 0 Å². The molecule has 24 heavy (non-hydrogen) atoms. The molecule has 2 saturated heterocycles. The van der Waals surface area contributed by atoms with E-state index in [1.165, 1.54) is 16.4 Å². The maximum absolute atomic E-state index is 13.1. The highest BCUT2D eigenvalue weighted by Crippen LogP contribution is 2.38. The van der Waals surface area contributed by atoms with E-state index in [1.807, 2.05) is 11.8 Å². The van der Waals surface area contributed by atoms with E-state index in [9.17, 15) is 17.6 Å². The number of carbonyl (C=O) groups is 1. The first kappa shape index (κ1) is 17.4. The molecular formula is C17H23FN2O3S. The number of hydrogen-bond acceptors (Lipinski definition) is 3. The Labute approximate surface area is 142 Å². The van der Waals surface area contributed by atoms with Gasteiger partial charge in [0.2, 0.25) is 15.9 Å². The van der Waals surface area contributed by atoms with E-state index in [0.717, 1.165) is 37.8 Å². The van der Waals surface area contributed by atoms with Crippen LogP contribution >= 0.6 is 0 Å². The van der Waals surface area contributed by atoms with Crippen LogP contribution in [0.1, 0.15) is 39.0 Å². The summed E-state index contributed by atoms with van der Waals surface area (Å²) < 4.78 is 40.4. The van der Waals surface area contributed by atoms with Crippen LogP contribution in [0.15, 0.2) is 29.2 Å². The Morgan fingerprint density at radius 1 is 1.17 bits per heavy atom. The highest BCUT2D eigenvalue weighted by molar-refractivity contribution is 7.89. The first-order valence-electron chi connectivity index (χ1n) is 8.45. The molecule has 1 amide bonds. The van der Waals surface area contributed by atoms with Crippen molar-refractivity contribution in [1.29, 1.82) is 0 Å². The summed E-state index contributed by atoms with van der Waals surface area (Å²) in [5.74, 6) is -0.344. The third kappa shape index (κ3) is 2.95. The predicted octanol–water partition coefficient (Wildman–Crippen LogP) is 2.38. The summed E-state index contributed by atoms with van der Waals surface area (Å²) in [6.45, 7) is 3.31. The maximum atomic E-state index is 13.1. The van der Waals surface area contributed by atoms with Crippen molar-refractivity contribution in [3.05, 3.63) is 30.1 Å². The van der Waals surface area contributed by atoms with Crippen LogP contribution in [0.4, 0.5) is 4.39 Å². The average molecular weight is 354 g/mol. The molecule has 1 aromatic rings. The highest BCUT2D eigenvalue weighted by atomic mass is 32.2. The average Bonchev–Trinajstić information content (AvgIpc) is 2.55. The minimum atomic E-state index is -3.67. The Balaban J connectivity index is 1.90. The molecule has 1 spiro atoms. The lowest BCUT2D eigenvalue weighted by Crippen LogP contribution is -2.62. The van der Waals surface area contributed by atoms with Crippen LogP contribution in [0.5, 0.6) is 0 Å². The molecule has 0 saturated carbocycles. The number of sulfonamides is 1. The molecule has 2 fully saturated rings. The Morgan fingerprint density at radius 2 is 1.83 bits per heavy atom. The van der Waals surface area contributed by atoms with Crippen molar-refractivity contribution >= 4 is 15.9 Å². The molecule has 1 aromatic carbocycles. The Hall–Kier alpha value is -1.47. The van der Waals surface area contributed by atoms with Crippen LogP contribution < -0.4 is 0 Å². The van der Waals surface area contributed by atoms with Gasteiger partial charge in [0.05, 0.1) is 10.4 Å². The van der Waals surface area contributed by atoms with Crippen molar-refractivity contribution in [2.75, 3.05) is 19.6 Å². The molecule has 0 aliphatic carbocycles. The standard InChI is InChI=1S/C17H23FN2O3S/c1-2-20-16(21)5-3-10-17(20)11-4-12-19(13-17)24(22,23)15-8-6-14(18)7-9-15/h6-9H,2-5,10-13H2,1H3. The SMILES string of the molecule is CCN1C(=O)CCCC12CCCN(S(=O)(=O)c1ccc(F)cc1)C2. The van der Waals surface area contributed by atoms with Crippen molar-refractivity contribution in [3.8, 4) is 0 Å². The molecule has 132 valence electrons. The van der Waals surface area contributed by atoms with Gasteiger partial charge in [0.1, 0.15) is 5.82 Å². The van der Waals surface area contributed by atoms with Gasteiger partial charge in [-0.25, -0.2) is 12.8 Å².